The van der Waals surface area contributed by atoms with Crippen LogP contribution in [0.3, 0.4) is 0 Å². The standard InChI is InChI=1S/C57H66N4O/c1-53(2,3)39-23-26-49-48(32-39)47-25-24-46(35-50(47)61(49)52-33-40(27-28-58-52)54(4,5)6)62-45-22-18-21-43(34-45)60-37-59(36-51(60)57(13,14)38-19-16-15-17-20-38)44-30-41(55(7,8)9)29-42(31-44)56(10,11)12/h15-36H,37H2,1-14H3. The van der Waals surface area contributed by atoms with Gasteiger partial charge in [-0.1, -0.05) is 145 Å². The highest BCUT2D eigenvalue weighted by atomic mass is 16.5. The fraction of sp³-hybridized carbons (Fsp3) is 0.351. The van der Waals surface area contributed by atoms with Gasteiger partial charge in [0.2, 0.25) is 0 Å². The number of ether oxygens (including phenoxy) is 1. The predicted octanol–water partition coefficient (Wildman–Crippen LogP) is 15.3. The van der Waals surface area contributed by atoms with Gasteiger partial charge in [0.1, 0.15) is 17.3 Å². The number of fused-ring (bicyclic) bond motifs is 3. The number of benzene rings is 5. The third-order valence-electron chi connectivity index (χ3n) is 12.8. The van der Waals surface area contributed by atoms with Gasteiger partial charge in [-0.25, -0.2) is 4.98 Å². The fourth-order valence-electron chi connectivity index (χ4n) is 8.64. The SMILES string of the molecule is CC(C)(C)c1cc(N2C=C(C(C)(C)c3ccccc3)N(c3cccc(Oc4ccc5c6cc(C(C)(C)C)ccc6n(-c6cc(C(C)(C)C)ccn6)c5c4)c3)C2)cc(C(C)(C)C)c1. The maximum Gasteiger partial charge on any atom is 0.137 e. The molecule has 0 aliphatic carbocycles. The first-order chi connectivity index (χ1) is 29.0. The molecule has 0 amide bonds. The van der Waals surface area contributed by atoms with E-state index in [1.807, 2.05) is 6.20 Å². The van der Waals surface area contributed by atoms with Gasteiger partial charge < -0.3 is 14.5 Å². The fourth-order valence-corrected chi connectivity index (χ4v) is 8.64. The molecule has 0 radical (unpaired) electrons. The Hall–Kier alpha value is -5.81. The van der Waals surface area contributed by atoms with Gasteiger partial charge in [-0.2, -0.15) is 0 Å². The summed E-state index contributed by atoms with van der Waals surface area (Å²) in [5.74, 6) is 2.47. The molecule has 0 saturated heterocycles. The molecule has 0 spiro atoms. The molecule has 5 heteroatoms. The molecular weight excluding hydrogens is 757 g/mol. The van der Waals surface area contributed by atoms with Crippen LogP contribution in [-0.4, -0.2) is 16.2 Å². The molecule has 320 valence electrons. The Balaban J connectivity index is 1.21. The van der Waals surface area contributed by atoms with Crippen LogP contribution in [0.15, 0.2) is 139 Å². The van der Waals surface area contributed by atoms with Crippen molar-refractivity contribution < 1.29 is 4.74 Å². The van der Waals surface area contributed by atoms with Gasteiger partial charge >= 0.3 is 0 Å². The van der Waals surface area contributed by atoms with E-state index in [9.17, 15) is 0 Å². The molecule has 0 unspecified atom stereocenters. The van der Waals surface area contributed by atoms with Crippen molar-refractivity contribution in [1.29, 1.82) is 0 Å². The van der Waals surface area contributed by atoms with E-state index in [4.69, 9.17) is 9.72 Å². The first-order valence-corrected chi connectivity index (χ1v) is 22.3. The quantitative estimate of drug-likeness (QED) is 0.160. The van der Waals surface area contributed by atoms with Crippen LogP contribution in [0.1, 0.15) is 125 Å². The van der Waals surface area contributed by atoms with Crippen LogP contribution in [0, 0.1) is 0 Å². The Labute approximate surface area is 371 Å². The van der Waals surface area contributed by atoms with E-state index in [2.05, 4.69) is 239 Å². The van der Waals surface area contributed by atoms with E-state index in [1.165, 1.54) is 50.0 Å². The maximum absolute atomic E-state index is 6.86. The van der Waals surface area contributed by atoms with E-state index in [0.29, 0.717) is 6.67 Å². The summed E-state index contributed by atoms with van der Waals surface area (Å²) in [6.07, 6.45) is 4.31. The molecule has 3 heterocycles. The Bertz CT molecular complexity index is 2780. The minimum Gasteiger partial charge on any atom is -0.457 e. The van der Waals surface area contributed by atoms with E-state index in [-0.39, 0.29) is 27.1 Å². The molecule has 0 bridgehead atoms. The summed E-state index contributed by atoms with van der Waals surface area (Å²) in [4.78, 5) is 9.84. The van der Waals surface area contributed by atoms with Crippen LogP contribution < -0.4 is 14.5 Å². The summed E-state index contributed by atoms with van der Waals surface area (Å²) in [7, 11) is 0. The van der Waals surface area contributed by atoms with Crippen molar-refractivity contribution in [3.8, 4) is 17.3 Å². The molecule has 7 aromatic rings. The number of aromatic nitrogens is 2. The summed E-state index contributed by atoms with van der Waals surface area (Å²) in [5.41, 5.74) is 12.0. The lowest BCUT2D eigenvalue weighted by molar-refractivity contribution is 0.483. The van der Waals surface area contributed by atoms with Crippen LogP contribution in [0.4, 0.5) is 11.4 Å². The zero-order valence-electron chi connectivity index (χ0n) is 39.6. The molecule has 0 saturated carbocycles. The highest BCUT2D eigenvalue weighted by Crippen LogP contribution is 2.44. The lowest BCUT2D eigenvalue weighted by atomic mass is 9.80. The summed E-state index contributed by atoms with van der Waals surface area (Å²) >= 11 is 0. The Morgan fingerprint density at radius 1 is 0.468 bits per heavy atom. The van der Waals surface area contributed by atoms with Crippen molar-refractivity contribution in [2.45, 2.75) is 124 Å². The van der Waals surface area contributed by atoms with E-state index >= 15 is 0 Å². The average Bonchev–Trinajstić information content (AvgIpc) is 3.80. The molecule has 5 nitrogen and oxygen atoms in total. The summed E-state index contributed by atoms with van der Waals surface area (Å²) in [5, 5.41) is 2.39. The van der Waals surface area contributed by atoms with Crippen molar-refractivity contribution in [2.75, 3.05) is 16.5 Å². The smallest absolute Gasteiger partial charge is 0.137 e. The molecule has 1 aliphatic rings. The van der Waals surface area contributed by atoms with Gasteiger partial charge in [0.15, 0.2) is 0 Å². The van der Waals surface area contributed by atoms with Crippen molar-refractivity contribution in [1.82, 2.24) is 9.55 Å². The van der Waals surface area contributed by atoms with Gasteiger partial charge in [-0.3, -0.25) is 4.57 Å². The first kappa shape index (κ1) is 42.9. The number of anilines is 2. The monoisotopic (exact) mass is 823 g/mol. The number of nitrogens with zero attached hydrogens (tertiary/aromatic N) is 4. The average molecular weight is 823 g/mol. The van der Waals surface area contributed by atoms with Gasteiger partial charge in [0.05, 0.1) is 17.7 Å². The highest BCUT2D eigenvalue weighted by molar-refractivity contribution is 6.09. The Kier molecular flexibility index (Phi) is 10.5. The van der Waals surface area contributed by atoms with Gasteiger partial charge in [0.25, 0.3) is 0 Å². The third kappa shape index (κ3) is 8.27. The molecule has 5 aromatic carbocycles. The van der Waals surface area contributed by atoms with Crippen LogP contribution in [-0.2, 0) is 27.1 Å². The molecule has 0 N–H and O–H groups in total. The number of hydrogen-bond donors (Lipinski definition) is 0. The molecule has 2 aromatic heterocycles. The zero-order chi connectivity index (χ0) is 44.6. The van der Waals surface area contributed by atoms with Crippen LogP contribution in [0.2, 0.25) is 0 Å². The van der Waals surface area contributed by atoms with E-state index in [1.54, 1.807) is 0 Å². The first-order valence-electron chi connectivity index (χ1n) is 22.3. The van der Waals surface area contributed by atoms with Crippen LogP contribution in [0.5, 0.6) is 11.5 Å². The largest absolute Gasteiger partial charge is 0.457 e. The normalized spacial score (nSPS) is 14.3. The second kappa shape index (κ2) is 15.2. The van der Waals surface area contributed by atoms with E-state index in [0.717, 1.165) is 34.0 Å². The summed E-state index contributed by atoms with van der Waals surface area (Å²) < 4.78 is 9.16. The molecule has 0 fully saturated rings. The lowest BCUT2D eigenvalue weighted by Gasteiger charge is -2.34. The lowest BCUT2D eigenvalue weighted by Crippen LogP contribution is -2.34. The molecule has 62 heavy (non-hydrogen) atoms. The number of rotatable bonds is 7. The van der Waals surface area contributed by atoms with E-state index < -0.39 is 0 Å². The number of allylic oxidation sites excluding steroid dienone is 1. The van der Waals surface area contributed by atoms with Crippen LogP contribution >= 0.6 is 0 Å². The van der Waals surface area contributed by atoms with Crippen molar-refractivity contribution in [3.63, 3.8) is 0 Å². The molecule has 1 aliphatic heterocycles. The van der Waals surface area contributed by atoms with Crippen molar-refractivity contribution >= 4 is 33.2 Å². The highest BCUT2D eigenvalue weighted by Gasteiger charge is 2.36. The predicted molar refractivity (Wildman–Crippen MR) is 264 cm³/mol. The maximum atomic E-state index is 6.86. The molecule has 0 atom stereocenters. The summed E-state index contributed by atoms with van der Waals surface area (Å²) in [6, 6.07) is 44.4. The van der Waals surface area contributed by atoms with Crippen LogP contribution in [0.25, 0.3) is 27.6 Å². The Morgan fingerprint density at radius 2 is 1.10 bits per heavy atom. The van der Waals surface area contributed by atoms with Crippen molar-refractivity contribution in [2.24, 2.45) is 0 Å². The number of pyridine rings is 1. The molecule has 8 rings (SSSR count). The van der Waals surface area contributed by atoms with Crippen molar-refractivity contribution in [3.05, 3.63) is 167 Å². The van der Waals surface area contributed by atoms with Gasteiger partial charge in [-0.15, -0.1) is 0 Å². The van der Waals surface area contributed by atoms with Gasteiger partial charge in [0, 0.05) is 57.8 Å². The topological polar surface area (TPSA) is 33.5 Å². The summed E-state index contributed by atoms with van der Waals surface area (Å²) in [6.45, 7) is 32.8. The second-order valence-corrected chi connectivity index (χ2v) is 22.1. The Morgan fingerprint density at radius 3 is 1.74 bits per heavy atom. The minimum atomic E-state index is -0.287. The number of hydrogen-bond acceptors (Lipinski definition) is 4. The van der Waals surface area contributed by atoms with Gasteiger partial charge in [-0.05, 0) is 110 Å². The third-order valence-corrected chi connectivity index (χ3v) is 12.8. The second-order valence-electron chi connectivity index (χ2n) is 22.1. The zero-order valence-corrected chi connectivity index (χ0v) is 39.6. The molecular formula is C57H66N4O. The minimum absolute atomic E-state index is 0.0106.